The molecular formula is C39H56N4O7. The molecule has 274 valence electrons. The Bertz CT molecular complexity index is 1410. The number of hydrogen-bond donors (Lipinski definition) is 1. The van der Waals surface area contributed by atoms with Gasteiger partial charge in [-0.1, -0.05) is 59.8 Å². The molecule has 6 atom stereocenters. The van der Waals surface area contributed by atoms with E-state index in [4.69, 9.17) is 0 Å². The Morgan fingerprint density at radius 2 is 1.64 bits per heavy atom. The number of ketones is 5. The van der Waals surface area contributed by atoms with Crippen LogP contribution < -0.4 is 5.32 Å². The van der Waals surface area contributed by atoms with Crippen molar-refractivity contribution in [1.29, 1.82) is 0 Å². The van der Waals surface area contributed by atoms with Crippen LogP contribution in [-0.2, 0) is 28.8 Å². The molecule has 2 amide bonds. The number of carbonyl (C=O) groups is 7. The van der Waals surface area contributed by atoms with E-state index in [0.717, 1.165) is 51.4 Å². The maximum atomic E-state index is 14.6. The number of nitrogens with zero attached hydrogens (tertiary/aromatic N) is 3. The lowest BCUT2D eigenvalue weighted by atomic mass is 9.76. The van der Waals surface area contributed by atoms with Crippen molar-refractivity contribution in [1.82, 2.24) is 20.2 Å². The fraction of sp³-hybridized carbons (Fsp3) is 0.718. The summed E-state index contributed by atoms with van der Waals surface area (Å²) in [6, 6.07) is -1.70. The highest BCUT2D eigenvalue weighted by Gasteiger charge is 2.52. The Morgan fingerprint density at radius 3 is 2.26 bits per heavy atom. The standard InChI is InChI=1S/C39H56N4O7/c1-6-11-26(35(48)31(45)17-16-24(2)44)20-33(47)34-28-15-10-14-27(28)23-43(34)38(50)36(39(3,4)5)42-37(49)29(25-12-8-7-9-13-25)21-32(46)30-22-40-18-19-41-30/h18-19,22,25-29,34,36H,6-17,20-21,23H2,1-5H3,(H,42,49)/t26?,27-,28-,29+,34-,36+/m0/s1. The van der Waals surface area contributed by atoms with Crippen LogP contribution in [-0.4, -0.2) is 74.2 Å². The zero-order chi connectivity index (χ0) is 36.6. The van der Waals surface area contributed by atoms with Crippen molar-refractivity contribution in [3.05, 3.63) is 24.3 Å². The minimum atomic E-state index is -0.955. The molecule has 2 saturated carbocycles. The van der Waals surface area contributed by atoms with Gasteiger partial charge in [0, 0.05) is 56.5 Å². The summed E-state index contributed by atoms with van der Waals surface area (Å²) in [5.41, 5.74) is -0.511. The maximum absolute atomic E-state index is 14.6. The average molecular weight is 693 g/mol. The SMILES string of the molecule is CCCC(CC(=O)[C@@H]1[C@H]2CCC[C@H]2CN1C(=O)[C@@H](NC(=O)[C@H](CC(=O)c1cnccn1)C1CCCCC1)C(C)(C)C)C(=O)C(=O)CCC(C)=O. The number of fused-ring (bicyclic) bond motifs is 1. The van der Waals surface area contributed by atoms with E-state index >= 15 is 0 Å². The van der Waals surface area contributed by atoms with E-state index in [1.807, 2.05) is 27.7 Å². The second-order valence-electron chi connectivity index (χ2n) is 16.0. The summed E-state index contributed by atoms with van der Waals surface area (Å²) >= 11 is 0. The number of carbonyl (C=O) groups excluding carboxylic acids is 7. The third-order valence-electron chi connectivity index (χ3n) is 11.1. The van der Waals surface area contributed by atoms with Crippen LogP contribution in [0.4, 0.5) is 0 Å². The molecule has 1 N–H and O–H groups in total. The van der Waals surface area contributed by atoms with E-state index in [-0.39, 0.29) is 78.3 Å². The zero-order valence-corrected chi connectivity index (χ0v) is 30.6. The Hall–Kier alpha value is -3.63. The first-order chi connectivity index (χ1) is 23.7. The predicted octanol–water partition coefficient (Wildman–Crippen LogP) is 5.29. The zero-order valence-electron chi connectivity index (χ0n) is 30.6. The highest BCUT2D eigenvalue weighted by molar-refractivity contribution is 6.38. The summed E-state index contributed by atoms with van der Waals surface area (Å²) in [7, 11) is 0. The molecular weight excluding hydrogens is 636 g/mol. The van der Waals surface area contributed by atoms with Gasteiger partial charge in [-0.15, -0.1) is 0 Å². The largest absolute Gasteiger partial charge is 0.344 e. The molecule has 1 aromatic rings. The molecule has 0 aromatic carbocycles. The van der Waals surface area contributed by atoms with E-state index in [9.17, 15) is 33.6 Å². The van der Waals surface area contributed by atoms with E-state index < -0.39 is 40.9 Å². The number of hydrogen-bond acceptors (Lipinski definition) is 9. The lowest BCUT2D eigenvalue weighted by Gasteiger charge is -2.38. The molecule has 50 heavy (non-hydrogen) atoms. The van der Waals surface area contributed by atoms with E-state index in [0.29, 0.717) is 19.4 Å². The average Bonchev–Trinajstić information content (AvgIpc) is 3.69. The van der Waals surface area contributed by atoms with Gasteiger partial charge in [-0.2, -0.15) is 0 Å². The molecule has 1 aromatic heterocycles. The molecule has 3 fully saturated rings. The van der Waals surface area contributed by atoms with Crippen molar-refractivity contribution in [2.45, 2.75) is 137 Å². The second-order valence-corrected chi connectivity index (χ2v) is 16.0. The van der Waals surface area contributed by atoms with Gasteiger partial charge >= 0.3 is 0 Å². The van der Waals surface area contributed by atoms with E-state index in [2.05, 4.69) is 15.3 Å². The van der Waals surface area contributed by atoms with Gasteiger partial charge in [0.05, 0.1) is 12.2 Å². The first-order valence-electron chi connectivity index (χ1n) is 18.7. The highest BCUT2D eigenvalue weighted by Crippen LogP contribution is 2.44. The number of aromatic nitrogens is 2. The minimum Gasteiger partial charge on any atom is -0.344 e. The van der Waals surface area contributed by atoms with Gasteiger partial charge in [-0.3, -0.25) is 33.8 Å². The van der Waals surface area contributed by atoms with Crippen molar-refractivity contribution in [3.8, 4) is 0 Å². The van der Waals surface area contributed by atoms with Crippen LogP contribution in [0, 0.1) is 35.0 Å². The van der Waals surface area contributed by atoms with Gasteiger partial charge in [-0.25, -0.2) is 4.98 Å². The Balaban J connectivity index is 1.57. The molecule has 1 aliphatic heterocycles. The van der Waals surface area contributed by atoms with Crippen molar-refractivity contribution in [2.24, 2.45) is 35.0 Å². The maximum Gasteiger partial charge on any atom is 0.246 e. The first-order valence-corrected chi connectivity index (χ1v) is 18.7. The molecule has 2 aliphatic carbocycles. The Kier molecular flexibility index (Phi) is 13.7. The third-order valence-corrected chi connectivity index (χ3v) is 11.1. The van der Waals surface area contributed by atoms with Crippen LogP contribution in [0.25, 0.3) is 0 Å². The fourth-order valence-corrected chi connectivity index (χ4v) is 8.44. The molecule has 11 nitrogen and oxygen atoms in total. The van der Waals surface area contributed by atoms with Gasteiger partial charge in [0.1, 0.15) is 17.5 Å². The molecule has 3 aliphatic rings. The van der Waals surface area contributed by atoms with Crippen LogP contribution in [0.3, 0.4) is 0 Å². The number of likely N-dealkylation sites (tertiary alicyclic amines) is 1. The lowest BCUT2D eigenvalue weighted by Crippen LogP contribution is -2.58. The monoisotopic (exact) mass is 692 g/mol. The minimum absolute atomic E-state index is 0.00763. The highest BCUT2D eigenvalue weighted by atomic mass is 16.2. The van der Waals surface area contributed by atoms with Crippen LogP contribution in [0.5, 0.6) is 0 Å². The van der Waals surface area contributed by atoms with E-state index in [1.54, 1.807) is 4.90 Å². The summed E-state index contributed by atoms with van der Waals surface area (Å²) < 4.78 is 0. The number of Topliss-reactive ketones (excluding diaryl/α,β-unsaturated/α-hetero) is 5. The van der Waals surface area contributed by atoms with Crippen LogP contribution in [0.1, 0.15) is 135 Å². The predicted molar refractivity (Wildman–Crippen MR) is 187 cm³/mol. The molecule has 4 rings (SSSR count). The number of amides is 2. The van der Waals surface area contributed by atoms with Crippen LogP contribution in [0.2, 0.25) is 0 Å². The summed E-state index contributed by atoms with van der Waals surface area (Å²) in [5.74, 6) is -3.96. The molecule has 0 spiro atoms. The Morgan fingerprint density at radius 1 is 0.920 bits per heavy atom. The van der Waals surface area contributed by atoms with Crippen molar-refractivity contribution in [2.75, 3.05) is 6.54 Å². The fourth-order valence-electron chi connectivity index (χ4n) is 8.44. The molecule has 1 saturated heterocycles. The molecule has 1 unspecified atom stereocenters. The first kappa shape index (κ1) is 39.2. The normalized spacial score (nSPS) is 22.7. The summed E-state index contributed by atoms with van der Waals surface area (Å²) in [5, 5.41) is 3.07. The van der Waals surface area contributed by atoms with Gasteiger partial charge in [-0.05, 0) is 62.2 Å². The lowest BCUT2D eigenvalue weighted by molar-refractivity contribution is -0.146. The topological polar surface area (TPSA) is 161 Å². The van der Waals surface area contributed by atoms with Crippen molar-refractivity contribution in [3.63, 3.8) is 0 Å². The number of nitrogens with one attached hydrogen (secondary N) is 1. The quantitative estimate of drug-likeness (QED) is 0.169. The molecule has 2 heterocycles. The molecule has 0 bridgehead atoms. The summed E-state index contributed by atoms with van der Waals surface area (Å²) in [4.78, 5) is 103. The smallest absolute Gasteiger partial charge is 0.246 e. The number of rotatable bonds is 17. The van der Waals surface area contributed by atoms with Crippen LogP contribution >= 0.6 is 0 Å². The van der Waals surface area contributed by atoms with Crippen molar-refractivity contribution >= 4 is 40.7 Å². The van der Waals surface area contributed by atoms with Gasteiger partial charge in [0.25, 0.3) is 0 Å². The van der Waals surface area contributed by atoms with Gasteiger partial charge in [0.15, 0.2) is 17.3 Å². The van der Waals surface area contributed by atoms with Crippen LogP contribution in [0.15, 0.2) is 18.6 Å². The summed E-state index contributed by atoms with van der Waals surface area (Å²) in [6.45, 7) is 9.30. The van der Waals surface area contributed by atoms with Gasteiger partial charge in [0.2, 0.25) is 17.6 Å². The third kappa shape index (κ3) is 9.78. The Labute approximate surface area is 296 Å². The molecule has 11 heteroatoms. The van der Waals surface area contributed by atoms with Gasteiger partial charge < -0.3 is 15.0 Å². The van der Waals surface area contributed by atoms with E-state index in [1.165, 1.54) is 25.5 Å². The second kappa shape index (κ2) is 17.5. The molecule has 0 radical (unpaired) electrons. The summed E-state index contributed by atoms with van der Waals surface area (Å²) in [6.07, 6.45) is 12.2. The van der Waals surface area contributed by atoms with Crippen molar-refractivity contribution < 1.29 is 33.6 Å².